The number of carbonyl (C=O) groups excluding carboxylic acids is 1. The molecule has 196 valence electrons. The number of amides is 1. The third-order valence-electron chi connectivity index (χ3n) is 7.17. The molecule has 0 spiro atoms. The lowest BCUT2D eigenvalue weighted by molar-refractivity contribution is -0.122. The first-order chi connectivity index (χ1) is 17.9. The van der Waals surface area contributed by atoms with Crippen molar-refractivity contribution < 1.29 is 14.3 Å². The minimum absolute atomic E-state index is 0.0290. The van der Waals surface area contributed by atoms with Crippen molar-refractivity contribution in [1.29, 1.82) is 0 Å². The number of rotatable bonds is 9. The number of aromatic nitrogens is 3. The Hall–Kier alpha value is -3.43. The van der Waals surface area contributed by atoms with Crippen LogP contribution in [0, 0.1) is 0 Å². The molecule has 37 heavy (non-hydrogen) atoms. The quantitative estimate of drug-likeness (QED) is 0.481. The van der Waals surface area contributed by atoms with Gasteiger partial charge in [-0.15, -0.1) is 5.10 Å². The second-order valence-electron chi connectivity index (χ2n) is 10.1. The Morgan fingerprint density at radius 3 is 2.54 bits per heavy atom. The molecule has 2 saturated heterocycles. The zero-order valence-electron chi connectivity index (χ0n) is 21.7. The lowest BCUT2D eigenvalue weighted by Gasteiger charge is -2.34. The summed E-state index contributed by atoms with van der Waals surface area (Å²) in [6.07, 6.45) is 3.39. The predicted molar refractivity (Wildman–Crippen MR) is 141 cm³/mol. The van der Waals surface area contributed by atoms with E-state index in [9.17, 15) is 9.59 Å². The van der Waals surface area contributed by atoms with E-state index in [1.54, 1.807) is 7.11 Å². The average molecular weight is 506 g/mol. The van der Waals surface area contributed by atoms with Crippen LogP contribution in [0.1, 0.15) is 32.3 Å². The molecule has 3 heterocycles. The van der Waals surface area contributed by atoms with Crippen LogP contribution in [-0.2, 0) is 22.5 Å². The Morgan fingerprint density at radius 1 is 1.14 bits per heavy atom. The summed E-state index contributed by atoms with van der Waals surface area (Å²) < 4.78 is 13.8. The molecule has 2 atom stereocenters. The summed E-state index contributed by atoms with van der Waals surface area (Å²) in [4.78, 5) is 28.6. The van der Waals surface area contributed by atoms with Crippen LogP contribution in [0.15, 0.2) is 53.3 Å². The van der Waals surface area contributed by atoms with E-state index in [0.29, 0.717) is 34.9 Å². The minimum Gasteiger partial charge on any atom is -0.497 e. The molecule has 1 amide bonds. The molecule has 3 aromatic rings. The molecular weight excluding hydrogens is 470 g/mol. The molecule has 2 bridgehead atoms. The van der Waals surface area contributed by atoms with E-state index in [-0.39, 0.29) is 24.2 Å². The van der Waals surface area contributed by atoms with Crippen molar-refractivity contribution in [2.24, 2.45) is 0 Å². The standard InChI is InChI=1S/C28H35N5O4/c1-19(2)29-26(34)16-32-27(21-5-4-6-25(15-21)36-3)30-33(28(32)35)22-9-7-20(8-10-22)13-14-31-23-11-12-24(31)18-37-17-23/h4-10,15,19,23-24H,11-14,16-18H2,1-3H3,(H,29,34). The summed E-state index contributed by atoms with van der Waals surface area (Å²) in [5.41, 5.74) is 2.21. The summed E-state index contributed by atoms with van der Waals surface area (Å²) in [6.45, 7) is 6.34. The number of carbonyl (C=O) groups is 1. The number of benzene rings is 2. The van der Waals surface area contributed by atoms with Gasteiger partial charge in [0.2, 0.25) is 5.91 Å². The molecule has 9 heteroatoms. The number of ether oxygens (including phenoxy) is 2. The van der Waals surface area contributed by atoms with E-state index in [1.807, 2.05) is 50.2 Å². The van der Waals surface area contributed by atoms with Gasteiger partial charge in [0.1, 0.15) is 12.3 Å². The zero-order valence-corrected chi connectivity index (χ0v) is 21.7. The zero-order chi connectivity index (χ0) is 25.9. The highest BCUT2D eigenvalue weighted by Gasteiger charge is 2.36. The maximum Gasteiger partial charge on any atom is 0.351 e. The molecule has 2 aliphatic rings. The molecule has 2 aliphatic heterocycles. The number of hydrogen-bond donors (Lipinski definition) is 1. The largest absolute Gasteiger partial charge is 0.497 e. The van der Waals surface area contributed by atoms with Crippen LogP contribution in [0.5, 0.6) is 5.75 Å². The molecule has 0 radical (unpaired) electrons. The number of fused-ring (bicyclic) bond motifs is 2. The molecule has 2 unspecified atom stereocenters. The Morgan fingerprint density at radius 2 is 1.86 bits per heavy atom. The van der Waals surface area contributed by atoms with Crippen LogP contribution >= 0.6 is 0 Å². The Kier molecular flexibility index (Phi) is 7.43. The smallest absolute Gasteiger partial charge is 0.351 e. The predicted octanol–water partition coefficient (Wildman–Crippen LogP) is 2.64. The number of hydrogen-bond acceptors (Lipinski definition) is 6. The van der Waals surface area contributed by atoms with Gasteiger partial charge >= 0.3 is 5.69 Å². The number of nitrogens with one attached hydrogen (secondary N) is 1. The monoisotopic (exact) mass is 505 g/mol. The van der Waals surface area contributed by atoms with E-state index < -0.39 is 0 Å². The van der Waals surface area contributed by atoms with E-state index in [1.165, 1.54) is 27.7 Å². The van der Waals surface area contributed by atoms with Crippen LogP contribution in [0.3, 0.4) is 0 Å². The average Bonchev–Trinajstić information content (AvgIpc) is 3.32. The van der Waals surface area contributed by atoms with Crippen molar-refractivity contribution in [3.05, 3.63) is 64.6 Å². The van der Waals surface area contributed by atoms with Gasteiger partial charge in [0, 0.05) is 30.2 Å². The summed E-state index contributed by atoms with van der Waals surface area (Å²) in [5.74, 6) is 0.818. The molecule has 1 N–H and O–H groups in total. The van der Waals surface area contributed by atoms with E-state index >= 15 is 0 Å². The highest BCUT2D eigenvalue weighted by Crippen LogP contribution is 2.29. The van der Waals surface area contributed by atoms with Gasteiger partial charge in [-0.1, -0.05) is 24.3 Å². The molecule has 2 fully saturated rings. The van der Waals surface area contributed by atoms with Crippen LogP contribution < -0.4 is 15.7 Å². The summed E-state index contributed by atoms with van der Waals surface area (Å²) >= 11 is 0. The fraction of sp³-hybridized carbons (Fsp3) is 0.464. The van der Waals surface area contributed by atoms with Crippen molar-refractivity contribution in [3.8, 4) is 22.8 Å². The summed E-state index contributed by atoms with van der Waals surface area (Å²) in [5, 5.41) is 7.50. The SMILES string of the molecule is COc1cccc(-c2nn(-c3ccc(CCN4C5CCC4COC5)cc3)c(=O)n2CC(=O)NC(C)C)c1. The molecule has 1 aromatic heterocycles. The highest BCUT2D eigenvalue weighted by atomic mass is 16.5. The highest BCUT2D eigenvalue weighted by molar-refractivity contribution is 5.76. The van der Waals surface area contributed by atoms with E-state index in [4.69, 9.17) is 9.47 Å². The van der Waals surface area contributed by atoms with Gasteiger partial charge in [-0.05, 0) is 62.9 Å². The Bertz CT molecular complexity index is 1280. The third-order valence-corrected chi connectivity index (χ3v) is 7.17. The molecule has 0 saturated carbocycles. The Balaban J connectivity index is 1.39. The normalized spacial score (nSPS) is 19.4. The van der Waals surface area contributed by atoms with Crippen LogP contribution in [0.2, 0.25) is 0 Å². The number of methoxy groups -OCH3 is 1. The fourth-order valence-electron chi connectivity index (χ4n) is 5.33. The first-order valence-corrected chi connectivity index (χ1v) is 13.0. The van der Waals surface area contributed by atoms with Crippen LogP contribution in [0.4, 0.5) is 0 Å². The number of nitrogens with zero attached hydrogens (tertiary/aromatic N) is 4. The maximum absolute atomic E-state index is 13.5. The molecule has 5 rings (SSSR count). The van der Waals surface area contributed by atoms with Crippen molar-refractivity contribution >= 4 is 5.91 Å². The van der Waals surface area contributed by atoms with Crippen LogP contribution in [-0.4, -0.2) is 70.1 Å². The van der Waals surface area contributed by atoms with Gasteiger partial charge in [-0.2, -0.15) is 4.68 Å². The van der Waals surface area contributed by atoms with E-state index in [0.717, 1.165) is 26.2 Å². The second-order valence-corrected chi connectivity index (χ2v) is 10.1. The lowest BCUT2D eigenvalue weighted by atomic mass is 10.1. The van der Waals surface area contributed by atoms with E-state index in [2.05, 4.69) is 27.4 Å². The Labute approximate surface area is 217 Å². The van der Waals surface area contributed by atoms with Gasteiger partial charge in [0.05, 0.1) is 26.0 Å². The van der Waals surface area contributed by atoms with Gasteiger partial charge < -0.3 is 14.8 Å². The molecule has 0 aliphatic carbocycles. The van der Waals surface area contributed by atoms with Gasteiger partial charge in [0.15, 0.2) is 5.82 Å². The first kappa shape index (κ1) is 25.2. The molecule has 9 nitrogen and oxygen atoms in total. The summed E-state index contributed by atoms with van der Waals surface area (Å²) in [7, 11) is 1.59. The summed E-state index contributed by atoms with van der Waals surface area (Å²) in [6, 6.07) is 16.3. The van der Waals surface area contributed by atoms with Gasteiger partial charge in [-0.25, -0.2) is 4.79 Å². The van der Waals surface area contributed by atoms with Gasteiger partial charge in [-0.3, -0.25) is 14.3 Å². The first-order valence-electron chi connectivity index (χ1n) is 13.0. The molecular formula is C28H35N5O4. The topological polar surface area (TPSA) is 90.6 Å². The molecule has 2 aromatic carbocycles. The van der Waals surface area contributed by atoms with Crippen LogP contribution in [0.25, 0.3) is 17.1 Å². The van der Waals surface area contributed by atoms with Gasteiger partial charge in [0.25, 0.3) is 0 Å². The third kappa shape index (κ3) is 5.47. The lowest BCUT2D eigenvalue weighted by Crippen LogP contribution is -2.46. The minimum atomic E-state index is -0.366. The fourth-order valence-corrected chi connectivity index (χ4v) is 5.33. The van der Waals surface area contributed by atoms with Crippen molar-refractivity contribution in [1.82, 2.24) is 24.6 Å². The van der Waals surface area contributed by atoms with Crippen molar-refractivity contribution in [2.75, 3.05) is 26.9 Å². The van der Waals surface area contributed by atoms with Crippen molar-refractivity contribution in [3.63, 3.8) is 0 Å². The van der Waals surface area contributed by atoms with Crippen molar-refractivity contribution in [2.45, 2.75) is 57.8 Å². The second kappa shape index (κ2) is 10.9. The number of morpholine rings is 1. The maximum atomic E-state index is 13.5.